The van der Waals surface area contributed by atoms with Crippen LogP contribution in [0.3, 0.4) is 0 Å². The summed E-state index contributed by atoms with van der Waals surface area (Å²) in [6, 6.07) is 10.8. The lowest BCUT2D eigenvalue weighted by atomic mass is 10.2. The van der Waals surface area contributed by atoms with Crippen LogP contribution in [0.1, 0.15) is 10.4 Å². The number of halogens is 2. The molecule has 110 valence electrons. The van der Waals surface area contributed by atoms with Crippen LogP contribution in [0.15, 0.2) is 51.8 Å². The fraction of sp³-hybridized carbons (Fsp3) is 0.0714. The molecule has 0 bridgehead atoms. The molecule has 4 nitrogen and oxygen atoms in total. The number of hydrogen-bond acceptors (Lipinski definition) is 3. The monoisotopic (exact) mass is 387 g/mol. The van der Waals surface area contributed by atoms with E-state index >= 15 is 0 Å². The fourth-order valence-electron chi connectivity index (χ4n) is 1.65. The van der Waals surface area contributed by atoms with E-state index in [1.807, 2.05) is 0 Å². The molecule has 0 unspecified atom stereocenters. The van der Waals surface area contributed by atoms with Crippen molar-refractivity contribution in [1.29, 1.82) is 0 Å². The van der Waals surface area contributed by atoms with Gasteiger partial charge in [-0.25, -0.2) is 8.42 Å². The highest BCUT2D eigenvalue weighted by atomic mass is 79.9. The second kappa shape index (κ2) is 6.17. The largest absolute Gasteiger partial charge is 0.321 e. The predicted octanol–water partition coefficient (Wildman–Crippen LogP) is 3.76. The first-order valence-corrected chi connectivity index (χ1v) is 8.91. The van der Waals surface area contributed by atoms with Crippen LogP contribution in [0.25, 0.3) is 0 Å². The summed E-state index contributed by atoms with van der Waals surface area (Å²) in [5.74, 6) is -0.349. The molecule has 0 fully saturated rings. The summed E-state index contributed by atoms with van der Waals surface area (Å²) in [4.78, 5) is 12.3. The van der Waals surface area contributed by atoms with Gasteiger partial charge in [-0.2, -0.15) is 0 Å². The van der Waals surface area contributed by atoms with E-state index in [0.717, 1.165) is 6.26 Å². The Kier molecular flexibility index (Phi) is 4.70. The average Bonchev–Trinajstić information content (AvgIpc) is 2.43. The third kappa shape index (κ3) is 3.84. The van der Waals surface area contributed by atoms with Gasteiger partial charge in [0.2, 0.25) is 0 Å². The van der Waals surface area contributed by atoms with Crippen LogP contribution in [-0.2, 0) is 9.84 Å². The molecule has 0 radical (unpaired) electrons. The molecule has 0 saturated heterocycles. The number of anilines is 1. The fourth-order valence-corrected chi connectivity index (χ4v) is 2.82. The highest BCUT2D eigenvalue weighted by Gasteiger charge is 2.12. The molecule has 0 atom stereocenters. The first-order valence-electron chi connectivity index (χ1n) is 5.84. The highest BCUT2D eigenvalue weighted by molar-refractivity contribution is 9.10. The molecule has 0 aromatic heterocycles. The molecule has 2 rings (SSSR count). The molecule has 0 saturated carbocycles. The van der Waals surface area contributed by atoms with Gasteiger partial charge in [0.15, 0.2) is 9.84 Å². The highest BCUT2D eigenvalue weighted by Crippen LogP contribution is 2.30. The van der Waals surface area contributed by atoms with E-state index in [4.69, 9.17) is 11.6 Å². The van der Waals surface area contributed by atoms with Crippen LogP contribution in [0.5, 0.6) is 0 Å². The van der Waals surface area contributed by atoms with E-state index in [1.54, 1.807) is 18.2 Å². The van der Waals surface area contributed by atoms with Crippen LogP contribution in [0.2, 0.25) is 5.02 Å². The Bertz CT molecular complexity index is 788. The van der Waals surface area contributed by atoms with Crippen LogP contribution in [0, 0.1) is 0 Å². The molecule has 0 aliphatic carbocycles. The number of amides is 1. The maximum Gasteiger partial charge on any atom is 0.255 e. The molecule has 2 aromatic rings. The SMILES string of the molecule is CS(=O)(=O)c1ccc(C(=O)Nc2cccc(Cl)c2Br)cc1. The maximum atomic E-state index is 12.1. The standard InChI is InChI=1S/C14H11BrClNO3S/c1-21(19,20)10-7-5-9(6-8-10)14(18)17-12-4-2-3-11(16)13(12)15/h2-8H,1H3,(H,17,18). The topological polar surface area (TPSA) is 63.2 Å². The Morgan fingerprint density at radius 2 is 1.76 bits per heavy atom. The summed E-state index contributed by atoms with van der Waals surface area (Å²) in [5.41, 5.74) is 0.897. The lowest BCUT2D eigenvalue weighted by molar-refractivity contribution is 0.102. The molecule has 1 amide bonds. The van der Waals surface area contributed by atoms with E-state index in [-0.39, 0.29) is 10.8 Å². The zero-order valence-electron chi connectivity index (χ0n) is 10.9. The van der Waals surface area contributed by atoms with Crippen molar-refractivity contribution in [2.24, 2.45) is 0 Å². The number of rotatable bonds is 3. The van der Waals surface area contributed by atoms with Gasteiger partial charge in [0.25, 0.3) is 5.91 Å². The van der Waals surface area contributed by atoms with Crippen LogP contribution in [-0.4, -0.2) is 20.6 Å². The Hall–Kier alpha value is -1.37. The third-order valence-electron chi connectivity index (χ3n) is 2.74. The van der Waals surface area contributed by atoms with Gasteiger partial charge in [0.1, 0.15) is 0 Å². The molecular weight excluding hydrogens is 378 g/mol. The van der Waals surface area contributed by atoms with Crippen molar-refractivity contribution in [1.82, 2.24) is 0 Å². The van der Waals surface area contributed by atoms with E-state index in [1.165, 1.54) is 24.3 Å². The zero-order valence-corrected chi connectivity index (χ0v) is 14.1. The molecule has 21 heavy (non-hydrogen) atoms. The number of nitrogens with one attached hydrogen (secondary N) is 1. The van der Waals surface area contributed by atoms with Gasteiger partial charge < -0.3 is 5.32 Å². The second-order valence-electron chi connectivity index (χ2n) is 4.35. The number of hydrogen-bond donors (Lipinski definition) is 1. The molecule has 1 N–H and O–H groups in total. The Balaban J connectivity index is 2.23. The van der Waals surface area contributed by atoms with Crippen molar-refractivity contribution in [2.75, 3.05) is 11.6 Å². The normalized spacial score (nSPS) is 11.2. The molecule has 0 spiro atoms. The molecule has 0 aliphatic heterocycles. The lowest BCUT2D eigenvalue weighted by Crippen LogP contribution is -2.12. The predicted molar refractivity (Wildman–Crippen MR) is 86.7 cm³/mol. The van der Waals surface area contributed by atoms with Gasteiger partial charge >= 0.3 is 0 Å². The van der Waals surface area contributed by atoms with Crippen molar-refractivity contribution >= 4 is 49.0 Å². The average molecular weight is 389 g/mol. The van der Waals surface area contributed by atoms with Gasteiger partial charge in [0, 0.05) is 11.8 Å². The molecular formula is C14H11BrClNO3S. The first kappa shape index (κ1) is 16.0. The summed E-state index contributed by atoms with van der Waals surface area (Å²) in [6.45, 7) is 0. The number of benzene rings is 2. The summed E-state index contributed by atoms with van der Waals surface area (Å²) in [7, 11) is -3.27. The van der Waals surface area contributed by atoms with Crippen LogP contribution >= 0.6 is 27.5 Å². The zero-order chi connectivity index (χ0) is 15.6. The van der Waals surface area contributed by atoms with Gasteiger partial charge in [-0.3, -0.25) is 4.79 Å². The van der Waals surface area contributed by atoms with Gasteiger partial charge in [-0.1, -0.05) is 17.7 Å². The van der Waals surface area contributed by atoms with Crippen LogP contribution in [0.4, 0.5) is 5.69 Å². The van der Waals surface area contributed by atoms with Crippen molar-refractivity contribution in [3.63, 3.8) is 0 Å². The molecule has 7 heteroatoms. The van der Waals surface area contributed by atoms with E-state index in [2.05, 4.69) is 21.2 Å². The smallest absolute Gasteiger partial charge is 0.255 e. The van der Waals surface area contributed by atoms with Gasteiger partial charge in [0.05, 0.1) is 20.1 Å². The molecule has 0 heterocycles. The number of sulfone groups is 1. The first-order chi connectivity index (χ1) is 9.79. The molecule has 0 aliphatic rings. The number of carbonyl (C=O) groups is 1. The minimum absolute atomic E-state index is 0.169. The van der Waals surface area contributed by atoms with Crippen molar-refractivity contribution in [3.8, 4) is 0 Å². The van der Waals surface area contributed by atoms with Gasteiger partial charge in [-0.05, 0) is 52.3 Å². The quantitative estimate of drug-likeness (QED) is 0.871. The Labute approximate surface area is 136 Å². The summed E-state index contributed by atoms with van der Waals surface area (Å²) >= 11 is 9.24. The summed E-state index contributed by atoms with van der Waals surface area (Å²) in [5, 5.41) is 3.19. The minimum atomic E-state index is -3.27. The number of carbonyl (C=O) groups excluding carboxylic acids is 1. The maximum absolute atomic E-state index is 12.1. The van der Waals surface area contributed by atoms with Crippen molar-refractivity contribution < 1.29 is 13.2 Å². The summed E-state index contributed by atoms with van der Waals surface area (Å²) < 4.78 is 23.3. The van der Waals surface area contributed by atoms with E-state index in [0.29, 0.717) is 20.7 Å². The third-order valence-corrected chi connectivity index (χ3v) is 5.27. The van der Waals surface area contributed by atoms with E-state index < -0.39 is 9.84 Å². The molecule has 2 aromatic carbocycles. The summed E-state index contributed by atoms with van der Waals surface area (Å²) in [6.07, 6.45) is 1.12. The lowest BCUT2D eigenvalue weighted by Gasteiger charge is -2.08. The van der Waals surface area contributed by atoms with Crippen molar-refractivity contribution in [2.45, 2.75) is 4.90 Å². The Morgan fingerprint density at radius 1 is 1.14 bits per heavy atom. The van der Waals surface area contributed by atoms with Crippen LogP contribution < -0.4 is 5.32 Å². The van der Waals surface area contributed by atoms with Gasteiger partial charge in [-0.15, -0.1) is 0 Å². The Morgan fingerprint density at radius 3 is 2.33 bits per heavy atom. The van der Waals surface area contributed by atoms with Crippen molar-refractivity contribution in [3.05, 3.63) is 57.5 Å². The minimum Gasteiger partial charge on any atom is -0.321 e. The van der Waals surface area contributed by atoms with E-state index in [9.17, 15) is 13.2 Å². The second-order valence-corrected chi connectivity index (χ2v) is 7.57.